The van der Waals surface area contributed by atoms with Crippen LogP contribution in [-0.2, 0) is 21.6 Å². The van der Waals surface area contributed by atoms with Gasteiger partial charge in [0.25, 0.3) is 0 Å². The molecule has 0 amide bonds. The van der Waals surface area contributed by atoms with Crippen molar-refractivity contribution in [1.29, 1.82) is 0 Å². The number of nitrogens with zero attached hydrogens (tertiary/aromatic N) is 2. The van der Waals surface area contributed by atoms with Crippen molar-refractivity contribution in [2.24, 2.45) is 0 Å². The summed E-state index contributed by atoms with van der Waals surface area (Å²) >= 11 is 0. The Balaban J connectivity index is 2.06. The van der Waals surface area contributed by atoms with Gasteiger partial charge in [-0.1, -0.05) is 5.16 Å². The predicted octanol–water partition coefficient (Wildman–Crippen LogP) is 1.61. The fraction of sp³-hybridized carbons (Fsp3) is 0.846. The minimum Gasteiger partial charge on any atom is -0.381 e. The highest BCUT2D eigenvalue weighted by molar-refractivity contribution is 5.03. The molecule has 0 bridgehead atoms. The molecule has 1 aromatic rings. The molecule has 2 heterocycles. The maximum atomic E-state index is 5.64. The smallest absolute Gasteiger partial charge is 0.240 e. The molecule has 1 aliphatic rings. The number of aromatic nitrogens is 2. The van der Waals surface area contributed by atoms with Gasteiger partial charge in [0.1, 0.15) is 5.60 Å². The van der Waals surface area contributed by atoms with Crippen LogP contribution in [0.3, 0.4) is 0 Å². The Bertz CT molecular complexity index is 406. The molecule has 0 aliphatic carbocycles. The van der Waals surface area contributed by atoms with Gasteiger partial charge in [0.15, 0.2) is 0 Å². The van der Waals surface area contributed by atoms with Crippen molar-refractivity contribution in [2.75, 3.05) is 20.3 Å². The standard InChI is InChI=1S/C13H23N3O3/c1-12(2,3)14-9-10-15-11(16-19-10)13(17-4)5-7-18-8-6-13/h14H,5-9H2,1-4H3. The Morgan fingerprint density at radius 2 is 2.00 bits per heavy atom. The summed E-state index contributed by atoms with van der Waals surface area (Å²) in [7, 11) is 1.69. The van der Waals surface area contributed by atoms with Crippen molar-refractivity contribution < 1.29 is 14.0 Å². The summed E-state index contributed by atoms with van der Waals surface area (Å²) in [6.07, 6.45) is 1.52. The summed E-state index contributed by atoms with van der Waals surface area (Å²) in [5.74, 6) is 1.22. The van der Waals surface area contributed by atoms with E-state index >= 15 is 0 Å². The summed E-state index contributed by atoms with van der Waals surface area (Å²) in [5, 5.41) is 7.40. The average Bonchev–Trinajstić information content (AvgIpc) is 2.86. The molecule has 0 atom stereocenters. The highest BCUT2D eigenvalue weighted by atomic mass is 16.5. The molecule has 1 fully saturated rings. The van der Waals surface area contributed by atoms with Gasteiger partial charge in [-0.15, -0.1) is 0 Å². The second-order valence-corrected chi connectivity index (χ2v) is 5.93. The highest BCUT2D eigenvalue weighted by Crippen LogP contribution is 2.33. The lowest BCUT2D eigenvalue weighted by atomic mass is 9.93. The molecule has 0 unspecified atom stereocenters. The van der Waals surface area contributed by atoms with Crippen molar-refractivity contribution in [1.82, 2.24) is 15.5 Å². The second-order valence-electron chi connectivity index (χ2n) is 5.93. The van der Waals surface area contributed by atoms with Crippen LogP contribution in [0.15, 0.2) is 4.52 Å². The molecule has 1 saturated heterocycles. The maximum absolute atomic E-state index is 5.64. The molecule has 1 aliphatic heterocycles. The molecule has 0 radical (unpaired) electrons. The quantitative estimate of drug-likeness (QED) is 0.895. The van der Waals surface area contributed by atoms with E-state index in [-0.39, 0.29) is 5.54 Å². The Hall–Kier alpha value is -0.980. The van der Waals surface area contributed by atoms with Crippen molar-refractivity contribution in [3.05, 3.63) is 11.7 Å². The zero-order valence-corrected chi connectivity index (χ0v) is 12.2. The van der Waals surface area contributed by atoms with Gasteiger partial charge in [-0.2, -0.15) is 4.98 Å². The number of hydrogen-bond donors (Lipinski definition) is 1. The fourth-order valence-electron chi connectivity index (χ4n) is 2.07. The Kier molecular flexibility index (Phi) is 4.23. The van der Waals surface area contributed by atoms with Gasteiger partial charge in [-0.3, -0.25) is 0 Å². The third-order valence-corrected chi connectivity index (χ3v) is 3.34. The first-order valence-electron chi connectivity index (χ1n) is 6.66. The first-order chi connectivity index (χ1) is 8.95. The Morgan fingerprint density at radius 3 is 2.58 bits per heavy atom. The largest absolute Gasteiger partial charge is 0.381 e. The predicted molar refractivity (Wildman–Crippen MR) is 69.6 cm³/mol. The van der Waals surface area contributed by atoms with Crippen molar-refractivity contribution >= 4 is 0 Å². The van der Waals surface area contributed by atoms with Crippen LogP contribution in [0.5, 0.6) is 0 Å². The Labute approximate surface area is 113 Å². The molecule has 6 nitrogen and oxygen atoms in total. The molecule has 108 valence electrons. The van der Waals surface area contributed by atoms with Gasteiger partial charge in [-0.05, 0) is 20.8 Å². The molecule has 19 heavy (non-hydrogen) atoms. The van der Waals surface area contributed by atoms with Crippen LogP contribution in [0.2, 0.25) is 0 Å². The summed E-state index contributed by atoms with van der Waals surface area (Å²) in [4.78, 5) is 4.46. The molecule has 1 aromatic heterocycles. The lowest BCUT2D eigenvalue weighted by Gasteiger charge is -2.32. The van der Waals surface area contributed by atoms with E-state index in [0.29, 0.717) is 31.5 Å². The summed E-state index contributed by atoms with van der Waals surface area (Å²) < 4.78 is 16.3. The topological polar surface area (TPSA) is 69.4 Å². The minimum atomic E-state index is -0.457. The van der Waals surface area contributed by atoms with Gasteiger partial charge < -0.3 is 19.3 Å². The Morgan fingerprint density at radius 1 is 1.32 bits per heavy atom. The number of rotatable bonds is 4. The summed E-state index contributed by atoms with van der Waals surface area (Å²) in [6, 6.07) is 0. The van der Waals surface area contributed by atoms with Crippen molar-refractivity contribution in [3.63, 3.8) is 0 Å². The summed E-state index contributed by atoms with van der Waals surface area (Å²) in [5.41, 5.74) is -0.437. The molecule has 0 aromatic carbocycles. The number of nitrogens with one attached hydrogen (secondary N) is 1. The van der Waals surface area contributed by atoms with E-state index in [2.05, 4.69) is 36.2 Å². The third-order valence-electron chi connectivity index (χ3n) is 3.34. The number of ether oxygens (including phenoxy) is 2. The van der Waals surface area contributed by atoms with E-state index < -0.39 is 5.60 Å². The van der Waals surface area contributed by atoms with E-state index in [0.717, 1.165) is 12.8 Å². The molecule has 0 saturated carbocycles. The third kappa shape index (κ3) is 3.52. The van der Waals surface area contributed by atoms with E-state index in [9.17, 15) is 0 Å². The zero-order chi connectivity index (χ0) is 13.9. The lowest BCUT2D eigenvalue weighted by Crippen LogP contribution is -2.37. The maximum Gasteiger partial charge on any atom is 0.240 e. The van der Waals surface area contributed by atoms with Gasteiger partial charge in [0.2, 0.25) is 11.7 Å². The second kappa shape index (κ2) is 5.56. The van der Waals surface area contributed by atoms with Crippen molar-refractivity contribution in [3.8, 4) is 0 Å². The molecule has 2 rings (SSSR count). The molecular weight excluding hydrogens is 246 g/mol. The fourth-order valence-corrected chi connectivity index (χ4v) is 2.07. The first kappa shape index (κ1) is 14.4. The van der Waals surface area contributed by atoms with Gasteiger partial charge in [-0.25, -0.2) is 0 Å². The number of hydrogen-bond acceptors (Lipinski definition) is 6. The molecular formula is C13H23N3O3. The molecule has 6 heteroatoms. The van der Waals surface area contributed by atoms with Crippen LogP contribution in [0.25, 0.3) is 0 Å². The van der Waals surface area contributed by atoms with E-state index in [4.69, 9.17) is 14.0 Å². The normalized spacial score (nSPS) is 19.6. The van der Waals surface area contributed by atoms with E-state index in [1.165, 1.54) is 0 Å². The molecule has 1 N–H and O–H groups in total. The monoisotopic (exact) mass is 269 g/mol. The van der Waals surface area contributed by atoms with Crippen LogP contribution in [-0.4, -0.2) is 36.0 Å². The van der Waals surface area contributed by atoms with Crippen molar-refractivity contribution in [2.45, 2.75) is 51.3 Å². The van der Waals surface area contributed by atoms with Crippen LogP contribution < -0.4 is 5.32 Å². The number of methoxy groups -OCH3 is 1. The van der Waals surface area contributed by atoms with E-state index in [1.807, 2.05) is 0 Å². The van der Waals surface area contributed by atoms with Gasteiger partial charge in [0, 0.05) is 38.7 Å². The van der Waals surface area contributed by atoms with E-state index in [1.54, 1.807) is 7.11 Å². The van der Waals surface area contributed by atoms with Crippen LogP contribution in [0.4, 0.5) is 0 Å². The van der Waals surface area contributed by atoms with Crippen LogP contribution in [0.1, 0.15) is 45.3 Å². The zero-order valence-electron chi connectivity index (χ0n) is 12.2. The highest BCUT2D eigenvalue weighted by Gasteiger charge is 2.39. The summed E-state index contributed by atoms with van der Waals surface area (Å²) in [6.45, 7) is 8.18. The van der Waals surface area contributed by atoms with Gasteiger partial charge in [0.05, 0.1) is 6.54 Å². The molecule has 0 spiro atoms. The average molecular weight is 269 g/mol. The van der Waals surface area contributed by atoms with Gasteiger partial charge >= 0.3 is 0 Å². The first-order valence-corrected chi connectivity index (χ1v) is 6.66. The lowest BCUT2D eigenvalue weighted by molar-refractivity contribution is -0.101. The minimum absolute atomic E-state index is 0.0201. The van der Waals surface area contributed by atoms with Crippen LogP contribution in [0, 0.1) is 0 Å². The SMILES string of the molecule is COC1(c2noc(CNC(C)(C)C)n2)CCOCC1. The van der Waals surface area contributed by atoms with Crippen LogP contribution >= 0.6 is 0 Å².